The minimum Gasteiger partial charge on any atom is -0.385 e. The lowest BCUT2D eigenvalue weighted by Gasteiger charge is -2.19. The summed E-state index contributed by atoms with van der Waals surface area (Å²) in [7, 11) is -3.41. The van der Waals surface area contributed by atoms with E-state index >= 15 is 0 Å². The highest BCUT2D eigenvalue weighted by Gasteiger charge is 2.19. The molecule has 1 aliphatic rings. The summed E-state index contributed by atoms with van der Waals surface area (Å²) in [5.41, 5.74) is 2.16. The fourth-order valence-electron chi connectivity index (χ4n) is 2.43. The molecule has 106 valence electrons. The van der Waals surface area contributed by atoms with Gasteiger partial charge < -0.3 is 5.32 Å². The van der Waals surface area contributed by atoms with Gasteiger partial charge in [-0.15, -0.1) is 0 Å². The highest BCUT2D eigenvalue weighted by Crippen LogP contribution is 2.25. The molecule has 0 saturated carbocycles. The van der Waals surface area contributed by atoms with E-state index in [1.807, 2.05) is 19.9 Å². The molecule has 2 rings (SSSR count). The topological polar surface area (TPSA) is 58.2 Å². The number of hydrogen-bond acceptors (Lipinski definition) is 3. The van der Waals surface area contributed by atoms with Gasteiger partial charge in [0.15, 0.2) is 0 Å². The third kappa shape index (κ3) is 3.48. The Hall–Kier alpha value is -1.07. The van der Waals surface area contributed by atoms with Crippen LogP contribution in [0.1, 0.15) is 38.7 Å². The maximum absolute atomic E-state index is 12.3. The van der Waals surface area contributed by atoms with Crippen LogP contribution in [0.25, 0.3) is 0 Å². The first-order valence-electron chi connectivity index (χ1n) is 6.92. The van der Waals surface area contributed by atoms with Crippen LogP contribution >= 0.6 is 0 Å². The van der Waals surface area contributed by atoms with Crippen molar-refractivity contribution in [2.24, 2.45) is 0 Å². The zero-order valence-corrected chi connectivity index (χ0v) is 12.4. The molecule has 0 radical (unpaired) electrons. The monoisotopic (exact) mass is 282 g/mol. The minimum atomic E-state index is -3.41. The molecule has 0 aliphatic carbocycles. The van der Waals surface area contributed by atoms with E-state index in [4.69, 9.17) is 0 Å². The molecule has 0 amide bonds. The van der Waals surface area contributed by atoms with Gasteiger partial charge in [-0.1, -0.05) is 19.4 Å². The summed E-state index contributed by atoms with van der Waals surface area (Å²) in [6.07, 6.45) is 3.94. The van der Waals surface area contributed by atoms with Crippen molar-refractivity contribution in [2.45, 2.75) is 50.5 Å². The Morgan fingerprint density at radius 2 is 2.21 bits per heavy atom. The van der Waals surface area contributed by atoms with Gasteiger partial charge in [0, 0.05) is 18.3 Å². The lowest BCUT2D eigenvalue weighted by Crippen LogP contribution is -2.32. The number of aryl methyl sites for hydroxylation is 1. The van der Waals surface area contributed by atoms with E-state index < -0.39 is 10.0 Å². The lowest BCUT2D eigenvalue weighted by atomic mass is 10.0. The summed E-state index contributed by atoms with van der Waals surface area (Å²) in [6, 6.07) is 5.34. The van der Waals surface area contributed by atoms with E-state index in [-0.39, 0.29) is 6.04 Å². The molecule has 0 aromatic heterocycles. The molecule has 5 heteroatoms. The summed E-state index contributed by atoms with van der Waals surface area (Å²) in [4.78, 5) is 0.351. The van der Waals surface area contributed by atoms with Crippen molar-refractivity contribution in [3.05, 3.63) is 23.8 Å². The fourth-order valence-corrected chi connectivity index (χ4v) is 3.74. The van der Waals surface area contributed by atoms with Crippen LogP contribution in [0.3, 0.4) is 0 Å². The Kier molecular flexibility index (Phi) is 4.47. The standard InChI is InChI=1S/C14H22N2O2S/c1-3-5-11(2)16-19(17,18)13-8-7-12-6-4-9-15-14(12)10-13/h7-8,10-11,15-16H,3-6,9H2,1-2H3. The third-order valence-electron chi connectivity index (χ3n) is 3.41. The highest BCUT2D eigenvalue weighted by atomic mass is 32.2. The number of sulfonamides is 1. The Morgan fingerprint density at radius 1 is 1.42 bits per heavy atom. The molecular formula is C14H22N2O2S. The summed E-state index contributed by atoms with van der Waals surface area (Å²) >= 11 is 0. The predicted molar refractivity (Wildman–Crippen MR) is 77.9 cm³/mol. The smallest absolute Gasteiger partial charge is 0.240 e. The lowest BCUT2D eigenvalue weighted by molar-refractivity contribution is 0.544. The number of anilines is 1. The molecule has 1 heterocycles. The molecule has 4 nitrogen and oxygen atoms in total. The molecule has 0 spiro atoms. The number of nitrogens with one attached hydrogen (secondary N) is 2. The van der Waals surface area contributed by atoms with Crippen molar-refractivity contribution in [1.82, 2.24) is 4.72 Å². The second-order valence-corrected chi connectivity index (χ2v) is 6.87. The van der Waals surface area contributed by atoms with Crippen LogP contribution in [0.5, 0.6) is 0 Å². The van der Waals surface area contributed by atoms with Crippen LogP contribution in [0.4, 0.5) is 5.69 Å². The predicted octanol–water partition coefficient (Wildman–Crippen LogP) is 2.51. The van der Waals surface area contributed by atoms with Crippen molar-refractivity contribution < 1.29 is 8.42 Å². The number of fused-ring (bicyclic) bond motifs is 1. The van der Waals surface area contributed by atoms with Crippen LogP contribution in [-0.2, 0) is 16.4 Å². The first-order valence-corrected chi connectivity index (χ1v) is 8.40. The molecule has 1 unspecified atom stereocenters. The molecule has 1 aliphatic heterocycles. The molecule has 0 bridgehead atoms. The van der Waals surface area contributed by atoms with Gasteiger partial charge in [0.2, 0.25) is 10.0 Å². The average Bonchev–Trinajstić information content (AvgIpc) is 2.37. The van der Waals surface area contributed by atoms with Crippen LogP contribution in [0, 0.1) is 0 Å². The quantitative estimate of drug-likeness (QED) is 0.872. The number of hydrogen-bond donors (Lipinski definition) is 2. The minimum absolute atomic E-state index is 0.0287. The van der Waals surface area contributed by atoms with Gasteiger partial charge in [0.05, 0.1) is 4.90 Å². The SMILES string of the molecule is CCCC(C)NS(=O)(=O)c1ccc2c(c1)NCCC2. The molecule has 1 atom stereocenters. The van der Waals surface area contributed by atoms with Crippen LogP contribution in [0.15, 0.2) is 23.1 Å². The van der Waals surface area contributed by atoms with Crippen LogP contribution in [-0.4, -0.2) is 21.0 Å². The van der Waals surface area contributed by atoms with E-state index in [1.54, 1.807) is 12.1 Å². The summed E-state index contributed by atoms with van der Waals surface area (Å²) in [5.74, 6) is 0. The normalized spacial score (nSPS) is 16.5. The van der Waals surface area contributed by atoms with Gasteiger partial charge in [0.1, 0.15) is 0 Å². The Labute approximate surface area is 115 Å². The third-order valence-corrected chi connectivity index (χ3v) is 5.00. The summed E-state index contributed by atoms with van der Waals surface area (Å²) in [5, 5.41) is 3.26. The van der Waals surface area contributed by atoms with E-state index in [9.17, 15) is 8.42 Å². The van der Waals surface area contributed by atoms with Crippen molar-refractivity contribution in [3.63, 3.8) is 0 Å². The fraction of sp³-hybridized carbons (Fsp3) is 0.571. The van der Waals surface area contributed by atoms with E-state index in [2.05, 4.69) is 10.0 Å². The first-order chi connectivity index (χ1) is 9.03. The summed E-state index contributed by atoms with van der Waals surface area (Å²) in [6.45, 7) is 4.86. The van der Waals surface area contributed by atoms with Crippen molar-refractivity contribution in [2.75, 3.05) is 11.9 Å². The largest absolute Gasteiger partial charge is 0.385 e. The zero-order valence-electron chi connectivity index (χ0n) is 11.6. The van der Waals surface area contributed by atoms with Gasteiger partial charge in [-0.2, -0.15) is 0 Å². The molecular weight excluding hydrogens is 260 g/mol. The van der Waals surface area contributed by atoms with Gasteiger partial charge in [0.25, 0.3) is 0 Å². The highest BCUT2D eigenvalue weighted by molar-refractivity contribution is 7.89. The second-order valence-electron chi connectivity index (χ2n) is 5.16. The molecule has 0 fully saturated rings. The maximum Gasteiger partial charge on any atom is 0.240 e. The number of rotatable bonds is 5. The average molecular weight is 282 g/mol. The van der Waals surface area contributed by atoms with E-state index in [0.29, 0.717) is 4.90 Å². The van der Waals surface area contributed by atoms with Crippen molar-refractivity contribution in [3.8, 4) is 0 Å². The Morgan fingerprint density at radius 3 is 2.95 bits per heavy atom. The van der Waals surface area contributed by atoms with Gasteiger partial charge in [-0.25, -0.2) is 13.1 Å². The van der Waals surface area contributed by atoms with E-state index in [0.717, 1.165) is 37.9 Å². The molecule has 0 saturated heterocycles. The van der Waals surface area contributed by atoms with E-state index in [1.165, 1.54) is 5.56 Å². The van der Waals surface area contributed by atoms with Gasteiger partial charge in [-0.3, -0.25) is 0 Å². The Bertz CT molecular complexity index is 540. The number of benzene rings is 1. The van der Waals surface area contributed by atoms with Crippen molar-refractivity contribution in [1.29, 1.82) is 0 Å². The van der Waals surface area contributed by atoms with Gasteiger partial charge >= 0.3 is 0 Å². The maximum atomic E-state index is 12.3. The van der Waals surface area contributed by atoms with Crippen LogP contribution < -0.4 is 10.0 Å². The Balaban J connectivity index is 2.21. The van der Waals surface area contributed by atoms with Crippen LogP contribution in [0.2, 0.25) is 0 Å². The zero-order chi connectivity index (χ0) is 13.9. The van der Waals surface area contributed by atoms with Gasteiger partial charge in [-0.05, 0) is 43.9 Å². The molecule has 1 aromatic carbocycles. The van der Waals surface area contributed by atoms with Crippen molar-refractivity contribution >= 4 is 15.7 Å². The first kappa shape index (κ1) is 14.3. The molecule has 2 N–H and O–H groups in total. The second kappa shape index (κ2) is 5.92. The molecule has 19 heavy (non-hydrogen) atoms. The molecule has 1 aromatic rings. The summed E-state index contributed by atoms with van der Waals surface area (Å²) < 4.78 is 27.3.